The summed E-state index contributed by atoms with van der Waals surface area (Å²) < 4.78 is 0. The SMILES string of the molecule is CC1=C(/C=C/[C@H](C)O)C(C)(C)CCC1. The van der Waals surface area contributed by atoms with Crippen molar-refractivity contribution < 1.29 is 5.11 Å². The lowest BCUT2D eigenvalue weighted by Gasteiger charge is -2.33. The standard InChI is InChI=1S/C13H22O/c1-10-6-5-9-13(3,4)12(10)8-7-11(2)14/h7-8,11,14H,5-6,9H2,1-4H3/b8-7+/t11-/m0/s1. The van der Waals surface area contributed by atoms with Gasteiger partial charge in [0.05, 0.1) is 6.10 Å². The minimum Gasteiger partial charge on any atom is -0.389 e. The van der Waals surface area contributed by atoms with Gasteiger partial charge in [-0.05, 0) is 44.1 Å². The van der Waals surface area contributed by atoms with Crippen molar-refractivity contribution in [1.82, 2.24) is 0 Å². The zero-order valence-corrected chi connectivity index (χ0v) is 9.80. The van der Waals surface area contributed by atoms with Crippen LogP contribution in [0.1, 0.15) is 47.0 Å². The van der Waals surface area contributed by atoms with Crippen LogP contribution < -0.4 is 0 Å². The van der Waals surface area contributed by atoms with Crippen LogP contribution in [0.4, 0.5) is 0 Å². The predicted molar refractivity (Wildman–Crippen MR) is 61.2 cm³/mol. The second-order valence-electron chi connectivity index (χ2n) is 5.03. The quantitative estimate of drug-likeness (QED) is 0.714. The molecule has 0 amide bonds. The highest BCUT2D eigenvalue weighted by Crippen LogP contribution is 2.40. The molecule has 1 atom stereocenters. The topological polar surface area (TPSA) is 20.2 Å². The first-order valence-corrected chi connectivity index (χ1v) is 5.50. The molecule has 0 radical (unpaired) electrons. The van der Waals surface area contributed by atoms with E-state index in [1.54, 1.807) is 6.92 Å². The van der Waals surface area contributed by atoms with Gasteiger partial charge in [0.25, 0.3) is 0 Å². The smallest absolute Gasteiger partial charge is 0.0695 e. The summed E-state index contributed by atoms with van der Waals surface area (Å²) in [6.07, 6.45) is 7.41. The van der Waals surface area contributed by atoms with Gasteiger partial charge in [0, 0.05) is 0 Å². The average molecular weight is 194 g/mol. The van der Waals surface area contributed by atoms with Gasteiger partial charge in [0.15, 0.2) is 0 Å². The van der Waals surface area contributed by atoms with Gasteiger partial charge in [-0.3, -0.25) is 0 Å². The highest BCUT2D eigenvalue weighted by Gasteiger charge is 2.26. The van der Waals surface area contributed by atoms with Crippen LogP contribution in [0.15, 0.2) is 23.3 Å². The van der Waals surface area contributed by atoms with E-state index in [2.05, 4.69) is 26.8 Å². The first-order chi connectivity index (χ1) is 6.43. The molecule has 0 aromatic carbocycles. The summed E-state index contributed by atoms with van der Waals surface area (Å²) in [6, 6.07) is 0. The Balaban J connectivity index is 2.91. The Kier molecular flexibility index (Phi) is 3.54. The Morgan fingerprint density at radius 3 is 2.57 bits per heavy atom. The molecule has 0 bridgehead atoms. The first kappa shape index (κ1) is 11.5. The zero-order valence-electron chi connectivity index (χ0n) is 9.80. The largest absolute Gasteiger partial charge is 0.389 e. The van der Waals surface area contributed by atoms with Crippen LogP contribution >= 0.6 is 0 Å². The van der Waals surface area contributed by atoms with Gasteiger partial charge in [0.2, 0.25) is 0 Å². The van der Waals surface area contributed by atoms with E-state index in [-0.39, 0.29) is 11.5 Å². The molecule has 14 heavy (non-hydrogen) atoms. The zero-order chi connectivity index (χ0) is 10.8. The normalized spacial score (nSPS) is 24.4. The summed E-state index contributed by atoms with van der Waals surface area (Å²) in [5.74, 6) is 0. The number of hydrogen-bond acceptors (Lipinski definition) is 1. The molecule has 0 aliphatic heterocycles. The predicted octanol–water partition coefficient (Wildman–Crippen LogP) is 3.45. The Labute approximate surface area is 87.5 Å². The number of hydrogen-bond donors (Lipinski definition) is 1. The summed E-state index contributed by atoms with van der Waals surface area (Å²) in [5.41, 5.74) is 3.19. The molecule has 0 aromatic rings. The lowest BCUT2D eigenvalue weighted by atomic mass is 9.72. The maximum atomic E-state index is 9.23. The van der Waals surface area contributed by atoms with E-state index >= 15 is 0 Å². The van der Waals surface area contributed by atoms with Crippen molar-refractivity contribution in [3.05, 3.63) is 23.3 Å². The van der Waals surface area contributed by atoms with Gasteiger partial charge in [0.1, 0.15) is 0 Å². The fourth-order valence-corrected chi connectivity index (χ4v) is 2.25. The molecule has 0 spiro atoms. The third kappa shape index (κ3) is 2.71. The Morgan fingerprint density at radius 2 is 2.07 bits per heavy atom. The average Bonchev–Trinajstić information content (AvgIpc) is 2.01. The molecule has 0 saturated heterocycles. The Bertz CT molecular complexity index is 256. The lowest BCUT2D eigenvalue weighted by molar-refractivity contribution is 0.243. The molecule has 1 nitrogen and oxygen atoms in total. The Morgan fingerprint density at radius 1 is 1.43 bits per heavy atom. The van der Waals surface area contributed by atoms with E-state index in [1.807, 2.05) is 6.08 Å². The van der Waals surface area contributed by atoms with Crippen molar-refractivity contribution in [2.24, 2.45) is 5.41 Å². The van der Waals surface area contributed by atoms with Crippen molar-refractivity contribution in [3.8, 4) is 0 Å². The number of allylic oxidation sites excluding steroid dienone is 3. The van der Waals surface area contributed by atoms with E-state index in [1.165, 1.54) is 30.4 Å². The summed E-state index contributed by atoms with van der Waals surface area (Å²) in [6.45, 7) is 8.58. The molecule has 0 unspecified atom stereocenters. The molecule has 1 rings (SSSR count). The van der Waals surface area contributed by atoms with Crippen LogP contribution in [-0.2, 0) is 0 Å². The highest BCUT2D eigenvalue weighted by atomic mass is 16.3. The number of aliphatic hydroxyl groups is 1. The van der Waals surface area contributed by atoms with Crippen LogP contribution in [0.25, 0.3) is 0 Å². The van der Waals surface area contributed by atoms with Crippen molar-refractivity contribution in [1.29, 1.82) is 0 Å². The molecule has 0 aromatic heterocycles. The van der Waals surface area contributed by atoms with Crippen LogP contribution in [0.3, 0.4) is 0 Å². The van der Waals surface area contributed by atoms with Crippen LogP contribution in [0.2, 0.25) is 0 Å². The third-order valence-electron chi connectivity index (χ3n) is 3.08. The molecular formula is C13H22O. The van der Waals surface area contributed by atoms with Crippen molar-refractivity contribution in [2.45, 2.75) is 53.1 Å². The Hall–Kier alpha value is -0.560. The summed E-state index contributed by atoms with van der Waals surface area (Å²) in [4.78, 5) is 0. The number of aliphatic hydroxyl groups excluding tert-OH is 1. The van der Waals surface area contributed by atoms with Gasteiger partial charge in [-0.25, -0.2) is 0 Å². The number of rotatable bonds is 2. The van der Waals surface area contributed by atoms with Crippen LogP contribution in [0.5, 0.6) is 0 Å². The fraction of sp³-hybridized carbons (Fsp3) is 0.692. The maximum Gasteiger partial charge on any atom is 0.0695 e. The lowest BCUT2D eigenvalue weighted by Crippen LogP contribution is -2.19. The molecule has 0 saturated carbocycles. The van der Waals surface area contributed by atoms with Gasteiger partial charge in [-0.2, -0.15) is 0 Å². The van der Waals surface area contributed by atoms with Crippen molar-refractivity contribution in [2.75, 3.05) is 0 Å². The van der Waals surface area contributed by atoms with Gasteiger partial charge >= 0.3 is 0 Å². The van der Waals surface area contributed by atoms with E-state index in [0.717, 1.165) is 0 Å². The fourth-order valence-electron chi connectivity index (χ4n) is 2.25. The molecular weight excluding hydrogens is 172 g/mol. The van der Waals surface area contributed by atoms with Gasteiger partial charge < -0.3 is 5.11 Å². The van der Waals surface area contributed by atoms with Gasteiger partial charge in [-0.15, -0.1) is 0 Å². The second kappa shape index (κ2) is 4.31. The monoisotopic (exact) mass is 194 g/mol. The molecule has 80 valence electrons. The van der Waals surface area contributed by atoms with Crippen molar-refractivity contribution in [3.63, 3.8) is 0 Å². The van der Waals surface area contributed by atoms with E-state index in [4.69, 9.17) is 0 Å². The van der Waals surface area contributed by atoms with E-state index in [0.29, 0.717) is 0 Å². The second-order valence-corrected chi connectivity index (χ2v) is 5.03. The highest BCUT2D eigenvalue weighted by molar-refractivity contribution is 5.32. The summed E-state index contributed by atoms with van der Waals surface area (Å²) in [7, 11) is 0. The van der Waals surface area contributed by atoms with Crippen molar-refractivity contribution >= 4 is 0 Å². The molecule has 0 fully saturated rings. The van der Waals surface area contributed by atoms with Gasteiger partial charge in [-0.1, -0.05) is 31.6 Å². The van der Waals surface area contributed by atoms with E-state index < -0.39 is 0 Å². The molecule has 1 aliphatic rings. The van der Waals surface area contributed by atoms with E-state index in [9.17, 15) is 5.11 Å². The third-order valence-corrected chi connectivity index (χ3v) is 3.08. The summed E-state index contributed by atoms with van der Waals surface area (Å²) >= 11 is 0. The minimum atomic E-state index is -0.340. The molecule has 1 N–H and O–H groups in total. The molecule has 0 heterocycles. The minimum absolute atomic E-state index is 0.285. The summed E-state index contributed by atoms with van der Waals surface area (Å²) in [5, 5.41) is 9.23. The maximum absolute atomic E-state index is 9.23. The van der Waals surface area contributed by atoms with Crippen LogP contribution in [0, 0.1) is 5.41 Å². The molecule has 1 heteroatoms. The van der Waals surface area contributed by atoms with Crippen LogP contribution in [-0.4, -0.2) is 11.2 Å². The molecule has 1 aliphatic carbocycles. The first-order valence-electron chi connectivity index (χ1n) is 5.50.